The molecule has 0 bridgehead atoms. The smallest absolute Gasteiger partial charge is 0.180 e. The van der Waals surface area contributed by atoms with Crippen LogP contribution in [-0.2, 0) is 9.84 Å². The van der Waals surface area contributed by atoms with Gasteiger partial charge in [-0.15, -0.1) is 0 Å². The quantitative estimate of drug-likeness (QED) is 0.811. The summed E-state index contributed by atoms with van der Waals surface area (Å²) in [5, 5.41) is 2.65. The van der Waals surface area contributed by atoms with Gasteiger partial charge in [0.05, 0.1) is 16.8 Å². The number of rotatable bonds is 5. The highest BCUT2D eigenvalue weighted by molar-refractivity contribution is 7.92. The highest BCUT2D eigenvalue weighted by atomic mass is 32.2. The van der Waals surface area contributed by atoms with E-state index in [1.165, 1.54) is 0 Å². The maximum absolute atomic E-state index is 11.9. The molecule has 0 heterocycles. The van der Waals surface area contributed by atoms with E-state index in [1.807, 2.05) is 31.1 Å². The molecule has 0 saturated heterocycles. The van der Waals surface area contributed by atoms with Crippen molar-refractivity contribution >= 4 is 15.5 Å². The third-order valence-corrected chi connectivity index (χ3v) is 4.79. The average Bonchev–Trinajstić information content (AvgIpc) is 2.29. The predicted octanol–water partition coefficient (Wildman–Crippen LogP) is 1.48. The molecule has 0 aliphatic heterocycles. The Hall–Kier alpha value is -1.07. The third kappa shape index (κ3) is 3.20. The first kappa shape index (κ1) is 14.0. The van der Waals surface area contributed by atoms with E-state index in [0.717, 1.165) is 12.4 Å². The normalized spacial score (nSPS) is 11.8. The van der Waals surface area contributed by atoms with Gasteiger partial charge in [-0.2, -0.15) is 0 Å². The van der Waals surface area contributed by atoms with E-state index in [-0.39, 0.29) is 5.25 Å². The van der Waals surface area contributed by atoms with E-state index in [4.69, 9.17) is 0 Å². The second-order valence-corrected chi connectivity index (χ2v) is 6.80. The largest absolute Gasteiger partial charge is 0.362 e. The molecule has 0 spiro atoms. The topological polar surface area (TPSA) is 49.4 Å². The fourth-order valence-corrected chi connectivity index (χ4v) is 2.55. The van der Waals surface area contributed by atoms with Crippen LogP contribution in [0.15, 0.2) is 29.2 Å². The maximum Gasteiger partial charge on any atom is 0.180 e. The van der Waals surface area contributed by atoms with E-state index in [1.54, 1.807) is 26.0 Å². The number of sulfone groups is 1. The first-order valence-corrected chi connectivity index (χ1v) is 7.14. The average molecular weight is 256 g/mol. The molecule has 0 aliphatic rings. The van der Waals surface area contributed by atoms with Gasteiger partial charge >= 0.3 is 0 Å². The molecule has 5 heteroatoms. The van der Waals surface area contributed by atoms with E-state index in [9.17, 15) is 8.42 Å². The third-order valence-electron chi connectivity index (χ3n) is 2.62. The summed E-state index contributed by atoms with van der Waals surface area (Å²) in [7, 11) is 0.650. The number of anilines is 1. The maximum atomic E-state index is 11.9. The number of benzene rings is 1. The van der Waals surface area contributed by atoms with Gasteiger partial charge in [-0.3, -0.25) is 0 Å². The second-order valence-electron chi connectivity index (χ2n) is 4.30. The Bertz CT molecular complexity index is 452. The lowest BCUT2D eigenvalue weighted by Crippen LogP contribution is -2.28. The summed E-state index contributed by atoms with van der Waals surface area (Å²) in [5.74, 6) is 0. The molecule has 0 aliphatic carbocycles. The highest BCUT2D eigenvalue weighted by Crippen LogP contribution is 2.19. The van der Waals surface area contributed by atoms with Crippen LogP contribution in [0, 0.1) is 0 Å². The first-order valence-electron chi connectivity index (χ1n) is 5.59. The number of nitrogens with zero attached hydrogens (tertiary/aromatic N) is 1. The molecule has 0 aromatic heterocycles. The number of hydrogen-bond acceptors (Lipinski definition) is 4. The Balaban J connectivity index is 2.96. The zero-order chi connectivity index (χ0) is 13.1. The summed E-state index contributed by atoms with van der Waals surface area (Å²) in [5.41, 5.74) is 0.988. The van der Waals surface area contributed by atoms with Gasteiger partial charge in [0.15, 0.2) is 9.84 Å². The van der Waals surface area contributed by atoms with Crippen LogP contribution < -0.4 is 10.2 Å². The Morgan fingerprint density at radius 3 is 2.18 bits per heavy atom. The van der Waals surface area contributed by atoms with Crippen molar-refractivity contribution in [3.8, 4) is 0 Å². The minimum atomic E-state index is -3.17. The number of nitrogens with one attached hydrogen (secondary N) is 1. The van der Waals surface area contributed by atoms with Gasteiger partial charge in [0, 0.05) is 12.7 Å². The van der Waals surface area contributed by atoms with Crippen LogP contribution in [0.5, 0.6) is 0 Å². The van der Waals surface area contributed by atoms with Crippen LogP contribution in [0.4, 0.5) is 5.69 Å². The van der Waals surface area contributed by atoms with Gasteiger partial charge < -0.3 is 10.2 Å². The van der Waals surface area contributed by atoms with Crippen molar-refractivity contribution in [2.75, 3.05) is 25.7 Å². The van der Waals surface area contributed by atoms with E-state index < -0.39 is 9.84 Å². The van der Waals surface area contributed by atoms with Crippen LogP contribution in [-0.4, -0.2) is 34.4 Å². The molecular weight excluding hydrogens is 236 g/mol. The fourth-order valence-electron chi connectivity index (χ4n) is 1.49. The van der Waals surface area contributed by atoms with Crippen molar-refractivity contribution in [2.45, 2.75) is 24.0 Å². The predicted molar refractivity (Wildman–Crippen MR) is 71.1 cm³/mol. The molecule has 96 valence electrons. The van der Waals surface area contributed by atoms with Crippen molar-refractivity contribution in [1.82, 2.24) is 5.32 Å². The Kier molecular flexibility index (Phi) is 4.54. The van der Waals surface area contributed by atoms with Crippen LogP contribution >= 0.6 is 0 Å². The molecule has 0 radical (unpaired) electrons. The summed E-state index contributed by atoms with van der Waals surface area (Å²) in [6.07, 6.45) is 0. The van der Waals surface area contributed by atoms with Crippen LogP contribution in [0.25, 0.3) is 0 Å². The van der Waals surface area contributed by atoms with Crippen molar-refractivity contribution in [3.63, 3.8) is 0 Å². The highest BCUT2D eigenvalue weighted by Gasteiger charge is 2.18. The standard InChI is InChI=1S/C12H20N2O2S/c1-10(2)17(15,16)12-7-5-11(6-8-12)14(4)9-13-3/h5-8,10,13H,9H2,1-4H3. The van der Waals surface area contributed by atoms with Crippen molar-refractivity contribution in [1.29, 1.82) is 0 Å². The summed E-state index contributed by atoms with van der Waals surface area (Å²) >= 11 is 0. The zero-order valence-corrected chi connectivity index (χ0v) is 11.6. The van der Waals surface area contributed by atoms with Crippen molar-refractivity contribution in [3.05, 3.63) is 24.3 Å². The molecule has 0 saturated carbocycles. The summed E-state index contributed by atoms with van der Waals surface area (Å²) in [6, 6.07) is 6.98. The van der Waals surface area contributed by atoms with E-state index in [0.29, 0.717) is 4.90 Å². The van der Waals surface area contributed by atoms with Crippen molar-refractivity contribution < 1.29 is 8.42 Å². The Labute approximate surface area is 104 Å². The molecule has 0 atom stereocenters. The van der Waals surface area contributed by atoms with Gasteiger partial charge in [-0.25, -0.2) is 8.42 Å². The minimum Gasteiger partial charge on any atom is -0.362 e. The molecule has 0 fully saturated rings. The van der Waals surface area contributed by atoms with E-state index >= 15 is 0 Å². The van der Waals surface area contributed by atoms with Gasteiger partial charge in [0.1, 0.15) is 0 Å². The van der Waals surface area contributed by atoms with Gasteiger partial charge in [0.2, 0.25) is 0 Å². The monoisotopic (exact) mass is 256 g/mol. The Morgan fingerprint density at radius 1 is 1.24 bits per heavy atom. The van der Waals surface area contributed by atoms with Gasteiger partial charge in [-0.1, -0.05) is 0 Å². The number of hydrogen-bond donors (Lipinski definition) is 1. The lowest BCUT2D eigenvalue weighted by molar-refractivity contribution is 0.587. The molecule has 0 unspecified atom stereocenters. The lowest BCUT2D eigenvalue weighted by atomic mass is 10.3. The molecule has 0 amide bonds. The van der Waals surface area contributed by atoms with E-state index in [2.05, 4.69) is 5.32 Å². The summed E-state index contributed by atoms with van der Waals surface area (Å²) in [6.45, 7) is 4.10. The molecule has 1 N–H and O–H groups in total. The van der Waals surface area contributed by atoms with Crippen LogP contribution in [0.3, 0.4) is 0 Å². The van der Waals surface area contributed by atoms with Crippen LogP contribution in [0.1, 0.15) is 13.8 Å². The van der Waals surface area contributed by atoms with Crippen molar-refractivity contribution in [2.24, 2.45) is 0 Å². The van der Waals surface area contributed by atoms with Gasteiger partial charge in [-0.05, 0) is 45.2 Å². The molecule has 17 heavy (non-hydrogen) atoms. The molecule has 1 rings (SSSR count). The first-order chi connectivity index (χ1) is 7.89. The lowest BCUT2D eigenvalue weighted by Gasteiger charge is -2.19. The fraction of sp³-hybridized carbons (Fsp3) is 0.500. The minimum absolute atomic E-state index is 0.383. The summed E-state index contributed by atoms with van der Waals surface area (Å²) in [4.78, 5) is 2.39. The SMILES string of the molecule is CNCN(C)c1ccc(S(=O)(=O)C(C)C)cc1. The molecule has 1 aromatic rings. The molecule has 4 nitrogen and oxygen atoms in total. The Morgan fingerprint density at radius 2 is 1.76 bits per heavy atom. The van der Waals surface area contributed by atoms with Crippen LogP contribution in [0.2, 0.25) is 0 Å². The summed E-state index contributed by atoms with van der Waals surface area (Å²) < 4.78 is 23.8. The molecular formula is C12H20N2O2S. The second kappa shape index (κ2) is 5.51. The van der Waals surface area contributed by atoms with Gasteiger partial charge in [0.25, 0.3) is 0 Å². The molecule has 1 aromatic carbocycles. The zero-order valence-electron chi connectivity index (χ0n) is 10.8.